The van der Waals surface area contributed by atoms with Crippen LogP contribution in [0.1, 0.15) is 22.3 Å². The summed E-state index contributed by atoms with van der Waals surface area (Å²) in [6.45, 7) is 4.64. The van der Waals surface area contributed by atoms with E-state index in [1.54, 1.807) is 26.2 Å². The summed E-state index contributed by atoms with van der Waals surface area (Å²) in [5.41, 5.74) is 3.57. The normalized spacial score (nSPS) is 16.4. The smallest absolute Gasteiger partial charge is 0.243 e. The van der Waals surface area contributed by atoms with E-state index in [0.717, 1.165) is 22.4 Å². The minimum absolute atomic E-state index is 0.213. The predicted octanol–water partition coefficient (Wildman–Crippen LogP) is 2.79. The van der Waals surface area contributed by atoms with Crippen molar-refractivity contribution < 1.29 is 22.6 Å². The number of benzene rings is 2. The van der Waals surface area contributed by atoms with E-state index < -0.39 is 10.0 Å². The molecule has 2 aromatic carbocycles. The molecule has 2 heterocycles. The van der Waals surface area contributed by atoms with Gasteiger partial charge in [0.05, 0.1) is 12.0 Å². The molecule has 26 heavy (non-hydrogen) atoms. The lowest BCUT2D eigenvalue weighted by Gasteiger charge is -2.29. The highest BCUT2D eigenvalue weighted by Crippen LogP contribution is 2.38. The Labute approximate surface area is 153 Å². The Hall–Kier alpha value is -2.25. The van der Waals surface area contributed by atoms with E-state index in [4.69, 9.17) is 14.2 Å². The summed E-state index contributed by atoms with van der Waals surface area (Å²) in [5.74, 6) is 2.11. The summed E-state index contributed by atoms with van der Waals surface area (Å²) in [7, 11) is -2.01. The molecule has 0 N–H and O–H groups in total. The van der Waals surface area contributed by atoms with Crippen molar-refractivity contribution in [3.8, 4) is 17.2 Å². The highest BCUT2D eigenvalue weighted by molar-refractivity contribution is 7.89. The molecule has 0 aliphatic carbocycles. The predicted molar refractivity (Wildman–Crippen MR) is 96.3 cm³/mol. The summed E-state index contributed by atoms with van der Waals surface area (Å²) in [6.07, 6.45) is 0.652. The number of ether oxygens (including phenoxy) is 3. The van der Waals surface area contributed by atoms with E-state index in [1.807, 2.05) is 19.1 Å². The minimum atomic E-state index is -3.59. The number of hydrogen-bond acceptors (Lipinski definition) is 5. The first-order chi connectivity index (χ1) is 12.4. The zero-order valence-electron chi connectivity index (χ0n) is 15.0. The maximum atomic E-state index is 13.2. The molecule has 0 aromatic heterocycles. The highest BCUT2D eigenvalue weighted by atomic mass is 32.2. The van der Waals surface area contributed by atoms with Crippen LogP contribution in [0.4, 0.5) is 0 Å². The van der Waals surface area contributed by atoms with Gasteiger partial charge in [0.25, 0.3) is 0 Å². The molecule has 0 atom stereocenters. The van der Waals surface area contributed by atoms with Gasteiger partial charge in [-0.15, -0.1) is 0 Å². The molecular weight excluding hydrogens is 354 g/mol. The van der Waals surface area contributed by atoms with Gasteiger partial charge in [-0.25, -0.2) is 8.42 Å². The van der Waals surface area contributed by atoms with Crippen molar-refractivity contribution in [3.05, 3.63) is 46.5 Å². The molecule has 0 amide bonds. The third kappa shape index (κ3) is 2.71. The Balaban J connectivity index is 1.69. The van der Waals surface area contributed by atoms with E-state index in [-0.39, 0.29) is 6.79 Å². The molecule has 2 aliphatic rings. The molecule has 2 aliphatic heterocycles. The Kier molecular flexibility index (Phi) is 4.08. The molecule has 2 aromatic rings. The third-order valence-corrected chi connectivity index (χ3v) is 6.97. The molecule has 0 saturated carbocycles. The van der Waals surface area contributed by atoms with Crippen LogP contribution >= 0.6 is 0 Å². The van der Waals surface area contributed by atoms with Crippen LogP contribution in [0.15, 0.2) is 29.2 Å². The first-order valence-corrected chi connectivity index (χ1v) is 9.91. The first-order valence-electron chi connectivity index (χ1n) is 8.47. The number of sulfonamides is 1. The zero-order chi connectivity index (χ0) is 18.5. The lowest BCUT2D eigenvalue weighted by molar-refractivity contribution is 0.174. The van der Waals surface area contributed by atoms with E-state index in [0.29, 0.717) is 41.5 Å². The average Bonchev–Trinajstić information content (AvgIpc) is 3.07. The van der Waals surface area contributed by atoms with Crippen LogP contribution in [0.5, 0.6) is 17.2 Å². The standard InChI is InChI=1S/C19H21NO5S/c1-12-7-19(13(2)6-16(12)23-3)26(21,22)20-5-4-14-8-17-18(25-11-24-17)9-15(14)10-20/h6-9H,4-5,10-11H2,1-3H3. The monoisotopic (exact) mass is 375 g/mol. The van der Waals surface area contributed by atoms with Crippen molar-refractivity contribution in [2.45, 2.75) is 31.7 Å². The van der Waals surface area contributed by atoms with Gasteiger partial charge in [0, 0.05) is 13.1 Å². The van der Waals surface area contributed by atoms with Gasteiger partial charge < -0.3 is 14.2 Å². The van der Waals surface area contributed by atoms with Crippen molar-refractivity contribution in [3.63, 3.8) is 0 Å². The number of aryl methyl sites for hydroxylation is 2. The molecule has 7 heteroatoms. The molecule has 6 nitrogen and oxygen atoms in total. The molecule has 4 rings (SSSR count). The van der Waals surface area contributed by atoms with E-state index >= 15 is 0 Å². The summed E-state index contributed by atoms with van der Waals surface area (Å²) in [4.78, 5) is 0.333. The number of methoxy groups -OCH3 is 1. The van der Waals surface area contributed by atoms with Gasteiger partial charge in [0.1, 0.15) is 5.75 Å². The van der Waals surface area contributed by atoms with E-state index in [2.05, 4.69) is 0 Å². The molecule has 0 saturated heterocycles. The van der Waals surface area contributed by atoms with Crippen LogP contribution in [-0.4, -0.2) is 33.2 Å². The third-order valence-electron chi connectivity index (χ3n) is 4.98. The fraction of sp³-hybridized carbons (Fsp3) is 0.368. The Bertz CT molecular complexity index is 984. The van der Waals surface area contributed by atoms with Gasteiger partial charge >= 0.3 is 0 Å². The largest absolute Gasteiger partial charge is 0.496 e. The fourth-order valence-electron chi connectivity index (χ4n) is 3.53. The Morgan fingerprint density at radius 3 is 2.38 bits per heavy atom. The molecular formula is C19H21NO5S. The van der Waals surface area contributed by atoms with Gasteiger partial charge in [0.15, 0.2) is 11.5 Å². The lowest BCUT2D eigenvalue weighted by Crippen LogP contribution is -2.36. The molecule has 0 bridgehead atoms. The van der Waals surface area contributed by atoms with E-state index in [1.165, 1.54) is 4.31 Å². The van der Waals surface area contributed by atoms with Crippen LogP contribution in [0.25, 0.3) is 0 Å². The van der Waals surface area contributed by atoms with Gasteiger partial charge in [-0.2, -0.15) is 4.31 Å². The topological polar surface area (TPSA) is 65.1 Å². The second-order valence-corrected chi connectivity index (χ2v) is 8.56. The minimum Gasteiger partial charge on any atom is -0.496 e. The van der Waals surface area contributed by atoms with Crippen LogP contribution in [0.3, 0.4) is 0 Å². The van der Waals surface area contributed by atoms with Crippen LogP contribution in [0.2, 0.25) is 0 Å². The molecule has 0 unspecified atom stereocenters. The molecule has 138 valence electrons. The Morgan fingerprint density at radius 1 is 1.00 bits per heavy atom. The van der Waals surface area contributed by atoms with Crippen LogP contribution in [-0.2, 0) is 23.0 Å². The maximum absolute atomic E-state index is 13.2. The number of hydrogen-bond donors (Lipinski definition) is 0. The van der Waals surface area contributed by atoms with Gasteiger partial charge in [0.2, 0.25) is 16.8 Å². The quantitative estimate of drug-likeness (QED) is 0.825. The van der Waals surface area contributed by atoms with Crippen LogP contribution < -0.4 is 14.2 Å². The van der Waals surface area contributed by atoms with E-state index in [9.17, 15) is 8.42 Å². The van der Waals surface area contributed by atoms with Crippen molar-refractivity contribution in [1.29, 1.82) is 0 Å². The molecule has 0 radical (unpaired) electrons. The lowest BCUT2D eigenvalue weighted by atomic mass is 10.0. The molecule has 0 spiro atoms. The van der Waals surface area contributed by atoms with Gasteiger partial charge in [-0.05, 0) is 66.8 Å². The van der Waals surface area contributed by atoms with Crippen molar-refractivity contribution in [1.82, 2.24) is 4.31 Å². The zero-order valence-corrected chi connectivity index (χ0v) is 15.9. The van der Waals surface area contributed by atoms with Crippen LogP contribution in [0, 0.1) is 13.8 Å². The van der Waals surface area contributed by atoms with Crippen molar-refractivity contribution in [2.24, 2.45) is 0 Å². The van der Waals surface area contributed by atoms with Gasteiger partial charge in [-0.3, -0.25) is 0 Å². The van der Waals surface area contributed by atoms with Crippen molar-refractivity contribution in [2.75, 3.05) is 20.4 Å². The second kappa shape index (κ2) is 6.17. The summed E-state index contributed by atoms with van der Waals surface area (Å²) < 4.78 is 44.1. The fourth-order valence-corrected chi connectivity index (χ4v) is 5.24. The van der Waals surface area contributed by atoms with Gasteiger partial charge in [-0.1, -0.05) is 0 Å². The maximum Gasteiger partial charge on any atom is 0.243 e. The number of fused-ring (bicyclic) bond motifs is 2. The SMILES string of the molecule is COc1cc(C)c(S(=O)(=O)N2CCc3cc4c(cc3C2)OCO4)cc1C. The summed E-state index contributed by atoms with van der Waals surface area (Å²) in [6, 6.07) is 7.33. The highest BCUT2D eigenvalue weighted by Gasteiger charge is 2.31. The first kappa shape index (κ1) is 17.2. The van der Waals surface area contributed by atoms with Crippen molar-refractivity contribution >= 4 is 10.0 Å². The second-order valence-electron chi connectivity index (χ2n) is 6.65. The Morgan fingerprint density at radius 2 is 1.69 bits per heavy atom. The number of nitrogens with zero attached hydrogens (tertiary/aromatic N) is 1. The number of rotatable bonds is 3. The molecule has 0 fully saturated rings. The summed E-state index contributed by atoms with van der Waals surface area (Å²) >= 11 is 0. The average molecular weight is 375 g/mol. The summed E-state index contributed by atoms with van der Waals surface area (Å²) in [5, 5.41) is 0.